The lowest BCUT2D eigenvalue weighted by molar-refractivity contribution is 0.190. The van der Waals surface area contributed by atoms with Crippen molar-refractivity contribution in [1.82, 2.24) is 10.2 Å². The minimum absolute atomic E-state index is 0.739. The van der Waals surface area contributed by atoms with E-state index < -0.39 is 0 Å². The van der Waals surface area contributed by atoms with Crippen molar-refractivity contribution in [3.63, 3.8) is 0 Å². The standard InChI is InChI=1S/C12H24N2S/c1-10(2)12-4-3-6-14(12)8-11-9-15-7-5-13-11/h10-13H,3-9H2,1-2H3. The monoisotopic (exact) mass is 228 g/mol. The largest absolute Gasteiger partial charge is 0.311 e. The third kappa shape index (κ3) is 3.11. The predicted molar refractivity (Wildman–Crippen MR) is 68.5 cm³/mol. The van der Waals surface area contributed by atoms with Crippen LogP contribution in [0.25, 0.3) is 0 Å². The summed E-state index contributed by atoms with van der Waals surface area (Å²) in [5, 5.41) is 3.64. The van der Waals surface area contributed by atoms with E-state index in [2.05, 4.69) is 35.8 Å². The average Bonchev–Trinajstić information content (AvgIpc) is 2.67. The summed E-state index contributed by atoms with van der Waals surface area (Å²) in [4.78, 5) is 2.72. The van der Waals surface area contributed by atoms with Gasteiger partial charge < -0.3 is 5.32 Å². The second-order valence-electron chi connectivity index (χ2n) is 5.17. The van der Waals surface area contributed by atoms with Crippen LogP contribution in [0.3, 0.4) is 0 Å². The minimum atomic E-state index is 0.739. The molecule has 0 spiro atoms. The van der Waals surface area contributed by atoms with Crippen molar-refractivity contribution in [2.75, 3.05) is 31.1 Å². The molecule has 1 N–H and O–H groups in total. The Hall–Kier alpha value is 0.270. The van der Waals surface area contributed by atoms with Crippen molar-refractivity contribution < 1.29 is 0 Å². The Balaban J connectivity index is 1.81. The molecular formula is C12H24N2S. The maximum atomic E-state index is 3.64. The predicted octanol–water partition coefficient (Wildman–Crippen LogP) is 1.81. The van der Waals surface area contributed by atoms with Gasteiger partial charge in [-0.25, -0.2) is 0 Å². The Morgan fingerprint density at radius 1 is 1.47 bits per heavy atom. The molecule has 15 heavy (non-hydrogen) atoms. The first-order valence-corrected chi connectivity index (χ1v) is 7.48. The molecule has 0 aliphatic carbocycles. The normalized spacial score (nSPS) is 33.8. The van der Waals surface area contributed by atoms with Gasteiger partial charge in [0.05, 0.1) is 0 Å². The molecule has 0 saturated carbocycles. The first-order valence-electron chi connectivity index (χ1n) is 6.32. The number of hydrogen-bond donors (Lipinski definition) is 1. The summed E-state index contributed by atoms with van der Waals surface area (Å²) in [6.07, 6.45) is 2.82. The first kappa shape index (κ1) is 11.7. The summed E-state index contributed by atoms with van der Waals surface area (Å²) in [5.74, 6) is 3.43. The van der Waals surface area contributed by atoms with Crippen molar-refractivity contribution in [1.29, 1.82) is 0 Å². The minimum Gasteiger partial charge on any atom is -0.311 e. The Bertz CT molecular complexity index is 190. The number of rotatable bonds is 3. The molecule has 2 aliphatic rings. The number of likely N-dealkylation sites (tertiary alicyclic amines) is 1. The van der Waals surface area contributed by atoms with Gasteiger partial charge in [-0.3, -0.25) is 4.90 Å². The van der Waals surface area contributed by atoms with Crippen LogP contribution in [0.4, 0.5) is 0 Å². The van der Waals surface area contributed by atoms with E-state index in [1.54, 1.807) is 0 Å². The van der Waals surface area contributed by atoms with Crippen LogP contribution in [-0.2, 0) is 0 Å². The van der Waals surface area contributed by atoms with Gasteiger partial charge in [0.25, 0.3) is 0 Å². The van der Waals surface area contributed by atoms with Crippen molar-refractivity contribution >= 4 is 11.8 Å². The number of thioether (sulfide) groups is 1. The fourth-order valence-corrected chi connectivity index (χ4v) is 3.79. The van der Waals surface area contributed by atoms with Crippen LogP contribution >= 0.6 is 11.8 Å². The smallest absolute Gasteiger partial charge is 0.0286 e. The van der Waals surface area contributed by atoms with Crippen LogP contribution in [0.1, 0.15) is 26.7 Å². The van der Waals surface area contributed by atoms with Crippen molar-refractivity contribution in [2.24, 2.45) is 5.92 Å². The van der Waals surface area contributed by atoms with Gasteiger partial charge >= 0.3 is 0 Å². The molecular weight excluding hydrogens is 204 g/mol. The number of nitrogens with one attached hydrogen (secondary N) is 1. The highest BCUT2D eigenvalue weighted by Crippen LogP contribution is 2.24. The Kier molecular flexibility index (Phi) is 4.35. The van der Waals surface area contributed by atoms with Crippen molar-refractivity contribution in [2.45, 2.75) is 38.8 Å². The Labute approximate surface area is 98.2 Å². The average molecular weight is 228 g/mol. The maximum Gasteiger partial charge on any atom is 0.0286 e. The molecule has 2 heterocycles. The summed E-state index contributed by atoms with van der Waals surface area (Å²) < 4.78 is 0. The molecule has 88 valence electrons. The summed E-state index contributed by atoms with van der Waals surface area (Å²) in [5.41, 5.74) is 0. The summed E-state index contributed by atoms with van der Waals surface area (Å²) >= 11 is 2.11. The Morgan fingerprint density at radius 2 is 2.33 bits per heavy atom. The zero-order valence-electron chi connectivity index (χ0n) is 10.0. The number of hydrogen-bond acceptors (Lipinski definition) is 3. The molecule has 2 saturated heterocycles. The number of nitrogens with zero attached hydrogens (tertiary/aromatic N) is 1. The summed E-state index contributed by atoms with van der Waals surface area (Å²) in [7, 11) is 0. The van der Waals surface area contributed by atoms with E-state index in [4.69, 9.17) is 0 Å². The van der Waals surface area contributed by atoms with Crippen molar-refractivity contribution in [3.8, 4) is 0 Å². The molecule has 0 bridgehead atoms. The van der Waals surface area contributed by atoms with Crippen molar-refractivity contribution in [3.05, 3.63) is 0 Å². The van der Waals surface area contributed by atoms with Gasteiger partial charge in [-0.2, -0.15) is 11.8 Å². The van der Waals surface area contributed by atoms with Crippen LogP contribution < -0.4 is 5.32 Å². The van der Waals surface area contributed by atoms with E-state index in [-0.39, 0.29) is 0 Å². The van der Waals surface area contributed by atoms with Crippen LogP contribution in [0.15, 0.2) is 0 Å². The summed E-state index contributed by atoms with van der Waals surface area (Å²) in [6, 6.07) is 1.59. The molecule has 2 rings (SSSR count). The third-order valence-corrected chi connectivity index (χ3v) is 4.77. The van der Waals surface area contributed by atoms with Gasteiger partial charge in [-0.05, 0) is 25.3 Å². The lowest BCUT2D eigenvalue weighted by atomic mass is 10.0. The van der Waals surface area contributed by atoms with Gasteiger partial charge in [0.15, 0.2) is 0 Å². The molecule has 2 unspecified atom stereocenters. The lowest BCUT2D eigenvalue weighted by Crippen LogP contribution is -2.48. The molecule has 2 nitrogen and oxygen atoms in total. The van der Waals surface area contributed by atoms with E-state index in [9.17, 15) is 0 Å². The molecule has 0 amide bonds. The molecule has 2 atom stereocenters. The Morgan fingerprint density at radius 3 is 3.00 bits per heavy atom. The van der Waals surface area contributed by atoms with Crippen LogP contribution in [0.2, 0.25) is 0 Å². The highest BCUT2D eigenvalue weighted by molar-refractivity contribution is 7.99. The molecule has 2 fully saturated rings. The second kappa shape index (κ2) is 5.55. The van der Waals surface area contributed by atoms with Crippen LogP contribution in [-0.4, -0.2) is 48.1 Å². The highest BCUT2D eigenvalue weighted by Gasteiger charge is 2.29. The molecule has 2 aliphatic heterocycles. The van der Waals surface area contributed by atoms with Crippen LogP contribution in [0, 0.1) is 5.92 Å². The van der Waals surface area contributed by atoms with E-state index in [0.29, 0.717) is 0 Å². The van der Waals surface area contributed by atoms with Gasteiger partial charge in [0.2, 0.25) is 0 Å². The zero-order valence-corrected chi connectivity index (χ0v) is 10.9. The van der Waals surface area contributed by atoms with E-state index >= 15 is 0 Å². The lowest BCUT2D eigenvalue weighted by Gasteiger charge is -2.33. The van der Waals surface area contributed by atoms with E-state index in [1.165, 1.54) is 44.0 Å². The van der Waals surface area contributed by atoms with E-state index in [0.717, 1.165) is 18.0 Å². The SMILES string of the molecule is CC(C)C1CCCN1CC1CSCCN1. The topological polar surface area (TPSA) is 15.3 Å². The van der Waals surface area contributed by atoms with Gasteiger partial charge in [0.1, 0.15) is 0 Å². The molecule has 0 aromatic heterocycles. The zero-order chi connectivity index (χ0) is 10.7. The second-order valence-corrected chi connectivity index (χ2v) is 6.32. The molecule has 0 aromatic rings. The summed E-state index contributed by atoms with van der Waals surface area (Å²) in [6.45, 7) is 8.54. The third-order valence-electron chi connectivity index (χ3n) is 3.64. The highest BCUT2D eigenvalue weighted by atomic mass is 32.2. The fraction of sp³-hybridized carbons (Fsp3) is 1.00. The molecule has 0 radical (unpaired) electrons. The van der Waals surface area contributed by atoms with Gasteiger partial charge in [-0.1, -0.05) is 13.8 Å². The fourth-order valence-electron chi connectivity index (χ4n) is 2.85. The van der Waals surface area contributed by atoms with E-state index in [1.807, 2.05) is 0 Å². The maximum absolute atomic E-state index is 3.64. The first-order chi connectivity index (χ1) is 7.27. The van der Waals surface area contributed by atoms with Crippen LogP contribution in [0.5, 0.6) is 0 Å². The molecule has 0 aromatic carbocycles. The molecule has 3 heteroatoms. The van der Waals surface area contributed by atoms with Gasteiger partial charge in [-0.15, -0.1) is 0 Å². The van der Waals surface area contributed by atoms with Gasteiger partial charge in [0, 0.05) is 36.7 Å². The quantitative estimate of drug-likeness (QED) is 0.793.